The van der Waals surface area contributed by atoms with Gasteiger partial charge in [0.1, 0.15) is 12.6 Å². The molecule has 0 spiro atoms. The van der Waals surface area contributed by atoms with Crippen molar-refractivity contribution in [1.29, 1.82) is 0 Å². The molecular formula is C20H23N3O3. The van der Waals surface area contributed by atoms with Crippen molar-refractivity contribution >= 4 is 11.8 Å². The molecule has 2 amide bonds. The number of furan rings is 1. The molecule has 5 rings (SSSR count). The quantitative estimate of drug-likeness (QED) is 0.829. The number of carbonyl (C=O) groups is 2. The number of fused-ring (bicyclic) bond motifs is 1. The molecule has 0 radical (unpaired) electrons. The first-order valence-corrected chi connectivity index (χ1v) is 9.49. The van der Waals surface area contributed by atoms with Crippen LogP contribution in [0, 0.1) is 5.92 Å². The summed E-state index contributed by atoms with van der Waals surface area (Å²) < 4.78 is 7.47. The fourth-order valence-electron chi connectivity index (χ4n) is 4.01. The Morgan fingerprint density at radius 3 is 2.69 bits per heavy atom. The van der Waals surface area contributed by atoms with Gasteiger partial charge in [0.25, 0.3) is 0 Å². The molecule has 2 aromatic rings. The Bertz CT molecular complexity index is 817. The van der Waals surface area contributed by atoms with Gasteiger partial charge in [-0.25, -0.2) is 0 Å². The zero-order valence-corrected chi connectivity index (χ0v) is 14.7. The Morgan fingerprint density at radius 2 is 2.00 bits per heavy atom. The SMILES string of the molecule is O=C(C1CC1)N(CC(=O)N1CCn2cccc2C1c1ccoc1)C1CC1. The predicted octanol–water partition coefficient (Wildman–Crippen LogP) is 2.41. The van der Waals surface area contributed by atoms with Crippen molar-refractivity contribution in [1.82, 2.24) is 14.4 Å². The van der Waals surface area contributed by atoms with Gasteiger partial charge in [-0.15, -0.1) is 0 Å². The van der Waals surface area contributed by atoms with Gasteiger partial charge >= 0.3 is 0 Å². The Hall–Kier alpha value is -2.50. The van der Waals surface area contributed by atoms with Crippen LogP contribution in [0.25, 0.3) is 0 Å². The second kappa shape index (κ2) is 6.04. The van der Waals surface area contributed by atoms with Crippen LogP contribution in [0.15, 0.2) is 41.3 Å². The highest BCUT2D eigenvalue weighted by Crippen LogP contribution is 2.37. The molecule has 0 N–H and O–H groups in total. The lowest BCUT2D eigenvalue weighted by Gasteiger charge is -2.38. The summed E-state index contributed by atoms with van der Waals surface area (Å²) in [7, 11) is 0. The minimum atomic E-state index is -0.151. The fourth-order valence-corrected chi connectivity index (χ4v) is 4.01. The summed E-state index contributed by atoms with van der Waals surface area (Å²) in [4.78, 5) is 29.6. The molecule has 1 aliphatic heterocycles. The lowest BCUT2D eigenvalue weighted by atomic mass is 10.0. The molecule has 2 fully saturated rings. The summed E-state index contributed by atoms with van der Waals surface area (Å²) in [5, 5.41) is 0. The Balaban J connectivity index is 1.40. The smallest absolute Gasteiger partial charge is 0.243 e. The van der Waals surface area contributed by atoms with Crippen LogP contribution >= 0.6 is 0 Å². The third kappa shape index (κ3) is 2.73. The molecule has 2 aliphatic carbocycles. The summed E-state index contributed by atoms with van der Waals surface area (Å²) in [6.45, 7) is 1.63. The Morgan fingerprint density at radius 1 is 1.15 bits per heavy atom. The molecule has 1 unspecified atom stereocenters. The zero-order chi connectivity index (χ0) is 17.7. The number of hydrogen-bond acceptors (Lipinski definition) is 3. The van der Waals surface area contributed by atoms with Gasteiger partial charge in [0.15, 0.2) is 0 Å². The maximum absolute atomic E-state index is 13.2. The van der Waals surface area contributed by atoms with Gasteiger partial charge in [-0.1, -0.05) is 0 Å². The highest BCUT2D eigenvalue weighted by Gasteiger charge is 2.42. The van der Waals surface area contributed by atoms with Gasteiger partial charge in [0, 0.05) is 42.5 Å². The van der Waals surface area contributed by atoms with Crippen LogP contribution < -0.4 is 0 Å². The minimum Gasteiger partial charge on any atom is -0.472 e. The number of hydrogen-bond donors (Lipinski definition) is 0. The van der Waals surface area contributed by atoms with Gasteiger partial charge in [0.05, 0.1) is 12.5 Å². The first-order valence-electron chi connectivity index (χ1n) is 9.49. The predicted molar refractivity (Wildman–Crippen MR) is 94.2 cm³/mol. The van der Waals surface area contributed by atoms with E-state index in [4.69, 9.17) is 4.42 Å². The van der Waals surface area contributed by atoms with E-state index >= 15 is 0 Å². The van der Waals surface area contributed by atoms with Crippen LogP contribution in [0.5, 0.6) is 0 Å². The maximum Gasteiger partial charge on any atom is 0.243 e. The fraction of sp³-hybridized carbons (Fsp3) is 0.500. The van der Waals surface area contributed by atoms with Crippen LogP contribution in [-0.4, -0.2) is 45.3 Å². The van der Waals surface area contributed by atoms with E-state index in [1.54, 1.807) is 12.5 Å². The number of aromatic nitrogens is 1. The summed E-state index contributed by atoms with van der Waals surface area (Å²) >= 11 is 0. The second-order valence-electron chi connectivity index (χ2n) is 7.64. The van der Waals surface area contributed by atoms with Crippen molar-refractivity contribution in [2.45, 2.75) is 44.3 Å². The zero-order valence-electron chi connectivity index (χ0n) is 14.7. The Labute approximate surface area is 152 Å². The van der Waals surface area contributed by atoms with Crippen LogP contribution in [0.2, 0.25) is 0 Å². The van der Waals surface area contributed by atoms with Crippen LogP contribution in [0.3, 0.4) is 0 Å². The largest absolute Gasteiger partial charge is 0.472 e. The minimum absolute atomic E-state index is 0.0320. The number of carbonyl (C=O) groups excluding carboxylic acids is 2. The molecule has 1 atom stereocenters. The van der Waals surface area contributed by atoms with Gasteiger partial charge in [-0.2, -0.15) is 0 Å². The van der Waals surface area contributed by atoms with E-state index in [0.29, 0.717) is 6.54 Å². The summed E-state index contributed by atoms with van der Waals surface area (Å²) in [6.07, 6.45) is 9.42. The van der Waals surface area contributed by atoms with Crippen molar-refractivity contribution in [3.05, 3.63) is 48.2 Å². The highest BCUT2D eigenvalue weighted by molar-refractivity contribution is 5.88. The van der Waals surface area contributed by atoms with E-state index in [2.05, 4.69) is 16.8 Å². The van der Waals surface area contributed by atoms with E-state index in [-0.39, 0.29) is 36.4 Å². The molecule has 6 nitrogen and oxygen atoms in total. The van der Waals surface area contributed by atoms with E-state index in [9.17, 15) is 9.59 Å². The van der Waals surface area contributed by atoms with Gasteiger partial charge < -0.3 is 18.8 Å². The van der Waals surface area contributed by atoms with Crippen molar-refractivity contribution in [3.63, 3.8) is 0 Å². The number of nitrogens with zero attached hydrogens (tertiary/aromatic N) is 3. The standard InChI is InChI=1S/C20H23N3O3/c24-18(12-23(16-5-6-16)20(25)14-3-4-14)22-10-9-21-8-1-2-17(21)19(22)15-7-11-26-13-15/h1-2,7-8,11,13-14,16,19H,3-6,9-10,12H2. The van der Waals surface area contributed by atoms with E-state index in [0.717, 1.165) is 43.5 Å². The topological polar surface area (TPSA) is 58.7 Å². The lowest BCUT2D eigenvalue weighted by Crippen LogP contribution is -2.48. The molecule has 6 heteroatoms. The van der Waals surface area contributed by atoms with Crippen LogP contribution in [0.4, 0.5) is 0 Å². The molecule has 3 heterocycles. The molecule has 3 aliphatic rings. The summed E-state index contributed by atoms with van der Waals surface area (Å²) in [5.74, 6) is 0.373. The monoisotopic (exact) mass is 353 g/mol. The molecule has 0 saturated heterocycles. The molecule has 0 bridgehead atoms. The van der Waals surface area contributed by atoms with Crippen molar-refractivity contribution in [2.24, 2.45) is 5.92 Å². The molecule has 2 aromatic heterocycles. The number of rotatable bonds is 5. The average molecular weight is 353 g/mol. The molecule has 2 saturated carbocycles. The Kier molecular flexibility index (Phi) is 3.65. The van der Waals surface area contributed by atoms with Gasteiger partial charge in [0.2, 0.25) is 11.8 Å². The highest BCUT2D eigenvalue weighted by atomic mass is 16.3. The van der Waals surface area contributed by atoms with E-state index in [1.807, 2.05) is 21.9 Å². The van der Waals surface area contributed by atoms with Gasteiger partial charge in [-0.3, -0.25) is 9.59 Å². The van der Waals surface area contributed by atoms with Crippen LogP contribution in [-0.2, 0) is 16.1 Å². The van der Waals surface area contributed by atoms with E-state index < -0.39 is 0 Å². The van der Waals surface area contributed by atoms with Crippen molar-refractivity contribution in [2.75, 3.05) is 13.1 Å². The average Bonchev–Trinajstić information content (AvgIpc) is 3.57. The summed E-state index contributed by atoms with van der Waals surface area (Å²) in [5.41, 5.74) is 2.07. The molecular weight excluding hydrogens is 330 g/mol. The molecule has 136 valence electrons. The second-order valence-corrected chi connectivity index (χ2v) is 7.64. The first kappa shape index (κ1) is 15.7. The third-order valence-corrected chi connectivity index (χ3v) is 5.72. The van der Waals surface area contributed by atoms with Crippen LogP contribution in [0.1, 0.15) is 43.0 Å². The summed E-state index contributed by atoms with van der Waals surface area (Å²) in [6, 6.07) is 6.12. The molecule has 0 aromatic carbocycles. The van der Waals surface area contributed by atoms with Crippen molar-refractivity contribution < 1.29 is 14.0 Å². The van der Waals surface area contributed by atoms with Gasteiger partial charge in [-0.05, 0) is 43.9 Å². The van der Waals surface area contributed by atoms with E-state index in [1.165, 1.54) is 0 Å². The molecule has 26 heavy (non-hydrogen) atoms. The maximum atomic E-state index is 13.2. The van der Waals surface area contributed by atoms with Crippen molar-refractivity contribution in [3.8, 4) is 0 Å². The first-order chi connectivity index (χ1) is 12.7. The number of amides is 2. The normalized spacial score (nSPS) is 22.2. The third-order valence-electron chi connectivity index (χ3n) is 5.72. The lowest BCUT2D eigenvalue weighted by molar-refractivity contribution is -0.143.